The van der Waals surface area contributed by atoms with E-state index in [1.54, 1.807) is 30.5 Å². The number of nitrogens with zero attached hydrogens (tertiary/aromatic N) is 1. The molecule has 0 aliphatic rings. The Balaban J connectivity index is 2.14. The van der Waals surface area contributed by atoms with Gasteiger partial charge < -0.3 is 10.1 Å². The summed E-state index contributed by atoms with van der Waals surface area (Å²) >= 11 is 0. The predicted molar refractivity (Wildman–Crippen MR) is 79.1 cm³/mol. The molecule has 1 aromatic heterocycles. The van der Waals surface area contributed by atoms with Crippen LogP contribution in [0.4, 0.5) is 5.69 Å². The first-order valence-corrected chi connectivity index (χ1v) is 6.49. The molecule has 0 spiro atoms. The average molecular weight is 284 g/mol. The summed E-state index contributed by atoms with van der Waals surface area (Å²) in [6.07, 6.45) is 1.81. The number of carbonyl (C=O) groups is 2. The van der Waals surface area contributed by atoms with E-state index < -0.39 is 5.97 Å². The molecule has 1 aromatic carbocycles. The zero-order valence-electron chi connectivity index (χ0n) is 11.9. The second kappa shape index (κ2) is 6.65. The fraction of sp³-hybridized carbons (Fsp3) is 0.188. The van der Waals surface area contributed by atoms with Gasteiger partial charge in [-0.1, -0.05) is 18.2 Å². The molecule has 0 aliphatic carbocycles. The highest BCUT2D eigenvalue weighted by Gasteiger charge is 2.14. The van der Waals surface area contributed by atoms with Crippen molar-refractivity contribution in [3.05, 3.63) is 59.4 Å². The largest absolute Gasteiger partial charge is 0.465 e. The maximum atomic E-state index is 12.1. The van der Waals surface area contributed by atoms with Crippen LogP contribution in [0.15, 0.2) is 42.6 Å². The molecule has 0 saturated heterocycles. The molecule has 0 bridgehead atoms. The van der Waals surface area contributed by atoms with Crippen molar-refractivity contribution >= 4 is 17.6 Å². The normalized spacial score (nSPS) is 10.0. The second-order valence-electron chi connectivity index (χ2n) is 4.53. The standard InChI is InChI=1S/C16H16N2O3/c1-11-6-5-9-17-14(11)10-15(19)18-13-8-4-3-7-12(13)16(20)21-2/h3-9H,10H2,1-2H3,(H,18,19). The van der Waals surface area contributed by atoms with Crippen molar-refractivity contribution in [2.24, 2.45) is 0 Å². The summed E-state index contributed by atoms with van der Waals surface area (Å²) in [6, 6.07) is 10.4. The van der Waals surface area contributed by atoms with Crippen LogP contribution in [0.1, 0.15) is 21.6 Å². The maximum Gasteiger partial charge on any atom is 0.339 e. The molecule has 2 rings (SSSR count). The van der Waals surface area contributed by atoms with Gasteiger partial charge in [-0.05, 0) is 30.7 Å². The van der Waals surface area contributed by atoms with Crippen molar-refractivity contribution in [1.82, 2.24) is 4.98 Å². The van der Waals surface area contributed by atoms with Gasteiger partial charge in [0.1, 0.15) is 0 Å². The Kier molecular flexibility index (Phi) is 4.66. The number of ether oxygens (including phenoxy) is 1. The van der Waals surface area contributed by atoms with Gasteiger partial charge in [-0.3, -0.25) is 9.78 Å². The quantitative estimate of drug-likeness (QED) is 0.875. The molecule has 1 N–H and O–H groups in total. The lowest BCUT2D eigenvalue weighted by Gasteiger charge is -2.10. The first kappa shape index (κ1) is 14.7. The molecule has 2 aromatic rings. The first-order valence-electron chi connectivity index (χ1n) is 6.49. The molecule has 1 heterocycles. The highest BCUT2D eigenvalue weighted by Crippen LogP contribution is 2.16. The molecule has 0 aliphatic heterocycles. The number of benzene rings is 1. The highest BCUT2D eigenvalue weighted by atomic mass is 16.5. The molecule has 5 nitrogen and oxygen atoms in total. The van der Waals surface area contributed by atoms with E-state index in [4.69, 9.17) is 4.74 Å². The molecular formula is C16H16N2O3. The highest BCUT2D eigenvalue weighted by molar-refractivity contribution is 6.01. The third-order valence-corrected chi connectivity index (χ3v) is 3.05. The van der Waals surface area contributed by atoms with Gasteiger partial charge >= 0.3 is 5.97 Å². The third kappa shape index (κ3) is 3.66. The van der Waals surface area contributed by atoms with E-state index in [9.17, 15) is 9.59 Å². The number of aryl methyl sites for hydroxylation is 1. The van der Waals surface area contributed by atoms with E-state index in [1.165, 1.54) is 7.11 Å². The van der Waals surface area contributed by atoms with E-state index in [1.807, 2.05) is 19.1 Å². The van der Waals surface area contributed by atoms with E-state index in [0.717, 1.165) is 5.56 Å². The number of anilines is 1. The van der Waals surface area contributed by atoms with Gasteiger partial charge in [0.15, 0.2) is 0 Å². The summed E-state index contributed by atoms with van der Waals surface area (Å²) in [7, 11) is 1.30. The lowest BCUT2D eigenvalue weighted by Crippen LogP contribution is -2.18. The number of esters is 1. The Bertz CT molecular complexity index is 668. The lowest BCUT2D eigenvalue weighted by atomic mass is 10.1. The smallest absolute Gasteiger partial charge is 0.339 e. The lowest BCUT2D eigenvalue weighted by molar-refractivity contribution is -0.115. The number of para-hydroxylation sites is 1. The number of amides is 1. The van der Waals surface area contributed by atoms with Crippen molar-refractivity contribution in [2.75, 3.05) is 12.4 Å². The minimum atomic E-state index is -0.486. The maximum absolute atomic E-state index is 12.1. The Labute approximate surface area is 123 Å². The Hall–Kier alpha value is -2.69. The van der Waals surface area contributed by atoms with Crippen molar-refractivity contribution in [3.8, 4) is 0 Å². The van der Waals surface area contributed by atoms with Gasteiger partial charge in [-0.15, -0.1) is 0 Å². The minimum Gasteiger partial charge on any atom is -0.465 e. The molecule has 5 heteroatoms. The van der Waals surface area contributed by atoms with Crippen molar-refractivity contribution in [2.45, 2.75) is 13.3 Å². The molecule has 0 radical (unpaired) electrons. The molecule has 0 saturated carbocycles. The van der Waals surface area contributed by atoms with Crippen LogP contribution in [-0.4, -0.2) is 24.0 Å². The number of hydrogen-bond donors (Lipinski definition) is 1. The Morgan fingerprint density at radius 2 is 1.95 bits per heavy atom. The van der Waals surface area contributed by atoms with E-state index in [-0.39, 0.29) is 12.3 Å². The number of hydrogen-bond acceptors (Lipinski definition) is 4. The van der Waals surface area contributed by atoms with Gasteiger partial charge in [0.25, 0.3) is 0 Å². The SMILES string of the molecule is COC(=O)c1ccccc1NC(=O)Cc1ncccc1C. The first-order chi connectivity index (χ1) is 10.1. The number of pyridine rings is 1. The van der Waals surface area contributed by atoms with Crippen molar-refractivity contribution < 1.29 is 14.3 Å². The van der Waals surface area contributed by atoms with E-state index in [0.29, 0.717) is 16.9 Å². The van der Waals surface area contributed by atoms with Crippen LogP contribution in [0.5, 0.6) is 0 Å². The summed E-state index contributed by atoms with van der Waals surface area (Å²) in [4.78, 5) is 27.9. The number of rotatable bonds is 4. The minimum absolute atomic E-state index is 0.155. The van der Waals surface area contributed by atoms with Crippen LogP contribution in [0.3, 0.4) is 0 Å². The van der Waals surface area contributed by atoms with Crippen LogP contribution in [0, 0.1) is 6.92 Å². The van der Waals surface area contributed by atoms with Crippen LogP contribution in [-0.2, 0) is 16.0 Å². The summed E-state index contributed by atoms with van der Waals surface area (Å²) in [5.41, 5.74) is 2.42. The van der Waals surface area contributed by atoms with Crippen LogP contribution in [0.2, 0.25) is 0 Å². The summed E-state index contributed by atoms with van der Waals surface area (Å²) < 4.78 is 4.69. The fourth-order valence-electron chi connectivity index (χ4n) is 1.93. The summed E-state index contributed by atoms with van der Waals surface area (Å²) in [5.74, 6) is -0.715. The van der Waals surface area contributed by atoms with E-state index in [2.05, 4.69) is 10.3 Å². The predicted octanol–water partition coefficient (Wildman–Crippen LogP) is 2.36. The second-order valence-corrected chi connectivity index (χ2v) is 4.53. The molecule has 1 amide bonds. The number of methoxy groups -OCH3 is 1. The molecule has 21 heavy (non-hydrogen) atoms. The number of nitrogens with one attached hydrogen (secondary N) is 1. The van der Waals surface area contributed by atoms with E-state index >= 15 is 0 Å². The van der Waals surface area contributed by atoms with Gasteiger partial charge in [0.05, 0.1) is 30.5 Å². The van der Waals surface area contributed by atoms with Crippen LogP contribution < -0.4 is 5.32 Å². The summed E-state index contributed by atoms with van der Waals surface area (Å²) in [5, 5.41) is 2.72. The van der Waals surface area contributed by atoms with Crippen LogP contribution >= 0.6 is 0 Å². The number of carbonyl (C=O) groups excluding carboxylic acids is 2. The van der Waals surface area contributed by atoms with Gasteiger partial charge in [-0.25, -0.2) is 4.79 Å². The number of aromatic nitrogens is 1. The Morgan fingerprint density at radius 3 is 2.67 bits per heavy atom. The molecule has 108 valence electrons. The topological polar surface area (TPSA) is 68.3 Å². The monoisotopic (exact) mass is 284 g/mol. The molecular weight excluding hydrogens is 268 g/mol. The van der Waals surface area contributed by atoms with Crippen molar-refractivity contribution in [3.63, 3.8) is 0 Å². The van der Waals surface area contributed by atoms with Gasteiger partial charge in [0.2, 0.25) is 5.91 Å². The van der Waals surface area contributed by atoms with Gasteiger partial charge in [-0.2, -0.15) is 0 Å². The van der Waals surface area contributed by atoms with Crippen molar-refractivity contribution in [1.29, 1.82) is 0 Å². The Morgan fingerprint density at radius 1 is 1.19 bits per heavy atom. The zero-order valence-corrected chi connectivity index (χ0v) is 11.9. The molecule has 0 unspecified atom stereocenters. The third-order valence-electron chi connectivity index (χ3n) is 3.05. The zero-order chi connectivity index (χ0) is 15.2. The average Bonchev–Trinajstić information content (AvgIpc) is 2.49. The summed E-state index contributed by atoms with van der Waals surface area (Å²) in [6.45, 7) is 1.90. The molecule has 0 fully saturated rings. The van der Waals surface area contributed by atoms with Crippen LogP contribution in [0.25, 0.3) is 0 Å². The van der Waals surface area contributed by atoms with Gasteiger partial charge in [0, 0.05) is 6.20 Å². The molecule has 0 atom stereocenters. The fourth-order valence-corrected chi connectivity index (χ4v) is 1.93.